The molecule has 2 amide bonds. The molecular formula is C19H19ClN2O5. The lowest BCUT2D eigenvalue weighted by Gasteiger charge is -2.26. The van der Waals surface area contributed by atoms with Gasteiger partial charge in [-0.05, 0) is 31.2 Å². The van der Waals surface area contributed by atoms with Crippen LogP contribution in [0, 0.1) is 0 Å². The number of nitrogens with one attached hydrogen (secondary N) is 2. The molecule has 2 N–H and O–H groups in total. The standard InChI is InChI=1S/C19H19ClN2O5/c1-11-16(18(23)26-10-9-25-2)17(22-19(24)21-11)15-8-7-14(27-15)12-5-3-4-6-13(12)20/h3-8,17H,9-10H2,1-2H3,(H2,21,22,24)/t17-/m1/s1. The van der Waals surface area contributed by atoms with Crippen LogP contribution in [0.5, 0.6) is 0 Å². The largest absolute Gasteiger partial charge is 0.460 e. The summed E-state index contributed by atoms with van der Waals surface area (Å²) in [5, 5.41) is 5.82. The first kappa shape index (κ1) is 19.0. The van der Waals surface area contributed by atoms with Crippen molar-refractivity contribution in [2.24, 2.45) is 0 Å². The van der Waals surface area contributed by atoms with Crippen LogP contribution in [0.25, 0.3) is 11.3 Å². The van der Waals surface area contributed by atoms with E-state index >= 15 is 0 Å². The van der Waals surface area contributed by atoms with Gasteiger partial charge in [-0.2, -0.15) is 0 Å². The number of urea groups is 1. The molecule has 7 nitrogen and oxygen atoms in total. The molecule has 2 heterocycles. The molecule has 0 aliphatic carbocycles. The fraction of sp³-hybridized carbons (Fsp3) is 0.263. The number of rotatable bonds is 6. The van der Waals surface area contributed by atoms with Crippen LogP contribution in [0.4, 0.5) is 4.79 Å². The minimum atomic E-state index is -0.773. The van der Waals surface area contributed by atoms with Gasteiger partial charge in [0.25, 0.3) is 0 Å². The zero-order valence-corrected chi connectivity index (χ0v) is 15.6. The van der Waals surface area contributed by atoms with Crippen molar-refractivity contribution >= 4 is 23.6 Å². The number of benzene rings is 1. The second-order valence-electron chi connectivity index (χ2n) is 5.88. The Hall–Kier alpha value is -2.77. The molecule has 27 heavy (non-hydrogen) atoms. The molecule has 1 aromatic heterocycles. The molecular weight excluding hydrogens is 372 g/mol. The maximum absolute atomic E-state index is 12.5. The molecule has 1 aromatic carbocycles. The summed E-state index contributed by atoms with van der Waals surface area (Å²) in [6.45, 7) is 2.02. The van der Waals surface area contributed by atoms with Crippen molar-refractivity contribution in [2.75, 3.05) is 20.3 Å². The van der Waals surface area contributed by atoms with Crippen molar-refractivity contribution in [2.45, 2.75) is 13.0 Å². The smallest absolute Gasteiger partial charge is 0.338 e. The summed E-state index contributed by atoms with van der Waals surface area (Å²) < 4.78 is 16.0. The highest BCUT2D eigenvalue weighted by Crippen LogP contribution is 2.34. The van der Waals surface area contributed by atoms with Gasteiger partial charge in [-0.15, -0.1) is 0 Å². The summed E-state index contributed by atoms with van der Waals surface area (Å²) in [6, 6.07) is 9.49. The highest BCUT2D eigenvalue weighted by atomic mass is 35.5. The predicted molar refractivity (Wildman–Crippen MR) is 99.1 cm³/mol. The highest BCUT2D eigenvalue weighted by molar-refractivity contribution is 6.33. The van der Waals surface area contributed by atoms with Gasteiger partial charge in [0.2, 0.25) is 0 Å². The van der Waals surface area contributed by atoms with Crippen molar-refractivity contribution in [3.8, 4) is 11.3 Å². The lowest BCUT2D eigenvalue weighted by atomic mass is 10.0. The molecule has 0 bridgehead atoms. The van der Waals surface area contributed by atoms with Gasteiger partial charge < -0.3 is 24.5 Å². The van der Waals surface area contributed by atoms with E-state index < -0.39 is 18.0 Å². The van der Waals surface area contributed by atoms with Gasteiger partial charge >= 0.3 is 12.0 Å². The predicted octanol–water partition coefficient (Wildman–Crippen LogP) is 3.42. The van der Waals surface area contributed by atoms with Gasteiger partial charge in [-0.3, -0.25) is 0 Å². The number of hydrogen-bond acceptors (Lipinski definition) is 5. The fourth-order valence-electron chi connectivity index (χ4n) is 2.79. The first-order chi connectivity index (χ1) is 13.0. The summed E-state index contributed by atoms with van der Waals surface area (Å²) in [6.07, 6.45) is 0. The molecule has 0 saturated heterocycles. The van der Waals surface area contributed by atoms with E-state index in [1.54, 1.807) is 25.1 Å². The van der Waals surface area contributed by atoms with E-state index in [0.717, 1.165) is 5.56 Å². The first-order valence-corrected chi connectivity index (χ1v) is 8.68. The Morgan fingerprint density at radius 3 is 2.74 bits per heavy atom. The zero-order chi connectivity index (χ0) is 19.4. The number of carbonyl (C=O) groups is 2. The number of carbonyl (C=O) groups excluding carboxylic acids is 2. The van der Waals surface area contributed by atoms with Crippen LogP contribution in [0.3, 0.4) is 0 Å². The second kappa shape index (κ2) is 8.28. The molecule has 0 fully saturated rings. The normalized spacial score (nSPS) is 16.7. The van der Waals surface area contributed by atoms with Crippen LogP contribution in [0.1, 0.15) is 18.7 Å². The number of esters is 1. The molecule has 1 atom stereocenters. The van der Waals surface area contributed by atoms with Crippen LogP contribution >= 0.6 is 11.6 Å². The van der Waals surface area contributed by atoms with Gasteiger partial charge in [-0.1, -0.05) is 23.7 Å². The molecule has 8 heteroatoms. The monoisotopic (exact) mass is 390 g/mol. The quantitative estimate of drug-likeness (QED) is 0.582. The minimum Gasteiger partial charge on any atom is -0.460 e. The average Bonchev–Trinajstić information content (AvgIpc) is 3.11. The van der Waals surface area contributed by atoms with Crippen molar-refractivity contribution < 1.29 is 23.5 Å². The SMILES string of the molecule is COCCOC(=O)C1=C(C)NC(=O)N[C@@H]1c1ccc(-c2ccccc2Cl)o1. The highest BCUT2D eigenvalue weighted by Gasteiger charge is 2.34. The van der Waals surface area contributed by atoms with Gasteiger partial charge in [0, 0.05) is 18.4 Å². The Bertz CT molecular complexity index is 890. The summed E-state index contributed by atoms with van der Waals surface area (Å²) in [5.41, 5.74) is 1.39. The minimum absolute atomic E-state index is 0.107. The Balaban J connectivity index is 1.91. The van der Waals surface area contributed by atoms with Gasteiger partial charge in [-0.25, -0.2) is 9.59 Å². The number of methoxy groups -OCH3 is 1. The fourth-order valence-corrected chi connectivity index (χ4v) is 3.02. The van der Waals surface area contributed by atoms with Crippen LogP contribution in [0.15, 0.2) is 52.1 Å². The molecule has 0 spiro atoms. The topological polar surface area (TPSA) is 89.8 Å². The first-order valence-electron chi connectivity index (χ1n) is 8.30. The molecule has 0 unspecified atom stereocenters. The van der Waals surface area contributed by atoms with Crippen molar-refractivity contribution in [1.29, 1.82) is 0 Å². The van der Waals surface area contributed by atoms with Crippen molar-refractivity contribution in [3.05, 3.63) is 58.5 Å². The summed E-state index contributed by atoms with van der Waals surface area (Å²) in [7, 11) is 1.52. The van der Waals surface area contributed by atoms with Crippen LogP contribution < -0.4 is 10.6 Å². The Morgan fingerprint density at radius 2 is 2.00 bits per heavy atom. The molecule has 142 valence electrons. The summed E-state index contributed by atoms with van der Waals surface area (Å²) >= 11 is 6.22. The van der Waals surface area contributed by atoms with Gasteiger partial charge in [0.1, 0.15) is 24.2 Å². The lowest BCUT2D eigenvalue weighted by molar-refractivity contribution is -0.140. The summed E-state index contributed by atoms with van der Waals surface area (Å²) in [4.78, 5) is 24.4. The molecule has 1 aliphatic rings. The number of amides is 2. The molecule has 0 radical (unpaired) electrons. The number of furan rings is 1. The molecule has 3 rings (SSSR count). The average molecular weight is 391 g/mol. The maximum Gasteiger partial charge on any atom is 0.338 e. The third-order valence-electron chi connectivity index (χ3n) is 4.06. The Kier molecular flexibility index (Phi) is 5.83. The number of allylic oxidation sites excluding steroid dienone is 1. The number of hydrogen-bond donors (Lipinski definition) is 2. The third kappa shape index (κ3) is 4.15. The Morgan fingerprint density at radius 1 is 1.22 bits per heavy atom. The van der Waals surface area contributed by atoms with E-state index in [0.29, 0.717) is 22.2 Å². The van der Waals surface area contributed by atoms with E-state index in [1.807, 2.05) is 18.2 Å². The molecule has 2 aromatic rings. The van der Waals surface area contributed by atoms with E-state index in [-0.39, 0.29) is 18.8 Å². The van der Waals surface area contributed by atoms with Crippen molar-refractivity contribution in [3.63, 3.8) is 0 Å². The number of halogens is 1. The van der Waals surface area contributed by atoms with E-state index in [2.05, 4.69) is 10.6 Å². The van der Waals surface area contributed by atoms with Crippen molar-refractivity contribution in [1.82, 2.24) is 10.6 Å². The second-order valence-corrected chi connectivity index (χ2v) is 6.29. The maximum atomic E-state index is 12.5. The van der Waals surface area contributed by atoms with Crippen LogP contribution in [-0.4, -0.2) is 32.3 Å². The van der Waals surface area contributed by atoms with Gasteiger partial charge in [0.15, 0.2) is 0 Å². The zero-order valence-electron chi connectivity index (χ0n) is 14.9. The van der Waals surface area contributed by atoms with E-state index in [4.69, 9.17) is 25.5 Å². The van der Waals surface area contributed by atoms with E-state index in [1.165, 1.54) is 7.11 Å². The van der Waals surface area contributed by atoms with Gasteiger partial charge in [0.05, 0.1) is 17.2 Å². The third-order valence-corrected chi connectivity index (χ3v) is 4.39. The lowest BCUT2D eigenvalue weighted by Crippen LogP contribution is -2.45. The Labute approximate surface area is 161 Å². The van der Waals surface area contributed by atoms with Crippen LogP contribution in [-0.2, 0) is 14.3 Å². The molecule has 0 saturated carbocycles. The number of ether oxygens (including phenoxy) is 2. The van der Waals surface area contributed by atoms with E-state index in [9.17, 15) is 9.59 Å². The molecule has 1 aliphatic heterocycles. The summed E-state index contributed by atoms with van der Waals surface area (Å²) in [5.74, 6) is 0.378. The van der Waals surface area contributed by atoms with Crippen LogP contribution in [0.2, 0.25) is 5.02 Å².